The molecule has 2 heterocycles. The first kappa shape index (κ1) is 13.5. The van der Waals surface area contributed by atoms with Gasteiger partial charge in [0, 0.05) is 18.0 Å². The smallest absolute Gasteiger partial charge is 0.110 e. The highest BCUT2D eigenvalue weighted by molar-refractivity contribution is 7.99. The Morgan fingerprint density at radius 2 is 2.00 bits per heavy atom. The summed E-state index contributed by atoms with van der Waals surface area (Å²) in [6, 6.07) is 8.73. The van der Waals surface area contributed by atoms with E-state index in [9.17, 15) is 0 Å². The average Bonchev–Trinajstić information content (AvgIpc) is 2.48. The monoisotopic (exact) mass is 277 g/mol. The Balaban J connectivity index is 1.56. The molecule has 0 bridgehead atoms. The molecular formula is C16H23NOS. The van der Waals surface area contributed by atoms with Crippen molar-refractivity contribution in [2.75, 3.05) is 13.1 Å². The molecule has 0 spiro atoms. The third-order valence-electron chi connectivity index (χ3n) is 4.13. The van der Waals surface area contributed by atoms with Gasteiger partial charge in [-0.05, 0) is 44.2 Å². The van der Waals surface area contributed by atoms with E-state index in [1.54, 1.807) is 0 Å². The fourth-order valence-electron chi connectivity index (χ4n) is 2.98. The van der Waals surface area contributed by atoms with Gasteiger partial charge in [0.2, 0.25) is 0 Å². The van der Waals surface area contributed by atoms with Crippen molar-refractivity contribution in [2.45, 2.75) is 55.6 Å². The Morgan fingerprint density at radius 1 is 1.21 bits per heavy atom. The lowest BCUT2D eigenvalue weighted by Crippen LogP contribution is -2.40. The van der Waals surface area contributed by atoms with Crippen LogP contribution in [-0.2, 0) is 11.2 Å². The number of nitrogens with zero attached hydrogens (tertiary/aromatic N) is 1. The van der Waals surface area contributed by atoms with Crippen LogP contribution in [0, 0.1) is 0 Å². The van der Waals surface area contributed by atoms with Crippen molar-refractivity contribution in [3.8, 4) is 0 Å². The number of thioether (sulfide) groups is 1. The third-order valence-corrected chi connectivity index (χ3v) is 5.40. The van der Waals surface area contributed by atoms with Crippen LogP contribution in [0.2, 0.25) is 0 Å². The van der Waals surface area contributed by atoms with E-state index in [0.29, 0.717) is 5.44 Å². The Labute approximate surface area is 120 Å². The number of ether oxygens (including phenoxy) is 1. The summed E-state index contributed by atoms with van der Waals surface area (Å²) in [5.41, 5.74) is 1.81. The first-order chi connectivity index (χ1) is 9.33. The molecule has 2 aliphatic heterocycles. The zero-order chi connectivity index (χ0) is 13.1. The molecule has 104 valence electrons. The molecule has 2 aliphatic rings. The van der Waals surface area contributed by atoms with Gasteiger partial charge in [-0.2, -0.15) is 0 Å². The van der Waals surface area contributed by atoms with Crippen molar-refractivity contribution in [3.63, 3.8) is 0 Å². The summed E-state index contributed by atoms with van der Waals surface area (Å²) in [4.78, 5) is 3.90. The molecule has 0 aliphatic carbocycles. The van der Waals surface area contributed by atoms with E-state index in [1.165, 1.54) is 42.8 Å². The van der Waals surface area contributed by atoms with Crippen molar-refractivity contribution in [1.82, 2.24) is 4.90 Å². The normalized spacial score (nSPS) is 25.8. The summed E-state index contributed by atoms with van der Waals surface area (Å²) >= 11 is 1.90. The van der Waals surface area contributed by atoms with E-state index >= 15 is 0 Å². The topological polar surface area (TPSA) is 12.5 Å². The third kappa shape index (κ3) is 3.33. The average molecular weight is 277 g/mol. The number of hydrogen-bond donors (Lipinski definition) is 0. The van der Waals surface area contributed by atoms with Gasteiger partial charge in [-0.15, -0.1) is 0 Å². The van der Waals surface area contributed by atoms with Gasteiger partial charge in [0.25, 0.3) is 0 Å². The van der Waals surface area contributed by atoms with Crippen LogP contribution < -0.4 is 0 Å². The zero-order valence-electron chi connectivity index (χ0n) is 11.7. The van der Waals surface area contributed by atoms with Crippen molar-refractivity contribution < 1.29 is 4.74 Å². The molecule has 19 heavy (non-hydrogen) atoms. The molecule has 0 aromatic heterocycles. The van der Waals surface area contributed by atoms with E-state index < -0.39 is 0 Å². The summed E-state index contributed by atoms with van der Waals surface area (Å²) in [5.74, 6) is 0. The fraction of sp³-hybridized carbons (Fsp3) is 0.625. The molecule has 1 saturated heterocycles. The maximum Gasteiger partial charge on any atom is 0.110 e. The maximum absolute atomic E-state index is 6.28. The maximum atomic E-state index is 6.28. The predicted molar refractivity (Wildman–Crippen MR) is 80.4 cm³/mol. The Bertz CT molecular complexity index is 417. The lowest BCUT2D eigenvalue weighted by atomic mass is 10.1. The SMILES string of the molecule is CC(OC1CCc2ccccc2S1)N1CCCCC1. The molecule has 0 radical (unpaired) electrons. The van der Waals surface area contributed by atoms with Crippen LogP contribution in [0.5, 0.6) is 0 Å². The van der Waals surface area contributed by atoms with Gasteiger partial charge in [0.05, 0.1) is 0 Å². The van der Waals surface area contributed by atoms with Crippen LogP contribution >= 0.6 is 11.8 Å². The number of benzene rings is 1. The minimum Gasteiger partial charge on any atom is -0.349 e. The second-order valence-electron chi connectivity index (χ2n) is 5.53. The number of fused-ring (bicyclic) bond motifs is 1. The van der Waals surface area contributed by atoms with Crippen LogP contribution in [0.3, 0.4) is 0 Å². The quantitative estimate of drug-likeness (QED) is 0.831. The number of piperidine rings is 1. The Hall–Kier alpha value is -0.510. The van der Waals surface area contributed by atoms with Crippen LogP contribution in [0.4, 0.5) is 0 Å². The molecule has 2 atom stereocenters. The van der Waals surface area contributed by atoms with Gasteiger partial charge in [-0.25, -0.2) is 0 Å². The second-order valence-corrected chi connectivity index (χ2v) is 6.73. The van der Waals surface area contributed by atoms with Gasteiger partial charge in [0.1, 0.15) is 11.7 Å². The molecule has 1 aromatic rings. The minimum atomic E-state index is 0.267. The second kappa shape index (κ2) is 6.29. The lowest BCUT2D eigenvalue weighted by Gasteiger charge is -2.35. The summed E-state index contributed by atoms with van der Waals surface area (Å²) in [7, 11) is 0. The molecular weight excluding hydrogens is 254 g/mol. The molecule has 3 rings (SSSR count). The van der Waals surface area contributed by atoms with Crippen molar-refractivity contribution in [3.05, 3.63) is 29.8 Å². The standard InChI is InChI=1S/C16H23NOS/c1-13(17-11-5-2-6-12-17)18-16-10-9-14-7-3-4-8-15(14)19-16/h3-4,7-8,13,16H,2,5-6,9-12H2,1H3. The van der Waals surface area contributed by atoms with E-state index in [-0.39, 0.29) is 6.23 Å². The van der Waals surface area contributed by atoms with E-state index in [1.807, 2.05) is 11.8 Å². The molecule has 1 aromatic carbocycles. The van der Waals surface area contributed by atoms with Gasteiger partial charge >= 0.3 is 0 Å². The van der Waals surface area contributed by atoms with Crippen molar-refractivity contribution >= 4 is 11.8 Å². The lowest BCUT2D eigenvalue weighted by molar-refractivity contribution is -0.0680. The van der Waals surface area contributed by atoms with E-state index in [4.69, 9.17) is 4.74 Å². The fourth-order valence-corrected chi connectivity index (χ4v) is 4.20. The van der Waals surface area contributed by atoms with E-state index in [0.717, 1.165) is 12.8 Å². The summed E-state index contributed by atoms with van der Waals surface area (Å²) in [6.07, 6.45) is 6.60. The van der Waals surface area contributed by atoms with E-state index in [2.05, 4.69) is 36.1 Å². The molecule has 2 unspecified atom stereocenters. The predicted octanol–water partition coefficient (Wildman–Crippen LogP) is 3.90. The summed E-state index contributed by atoms with van der Waals surface area (Å²) in [6.45, 7) is 4.62. The number of aryl methyl sites for hydroxylation is 1. The zero-order valence-corrected chi connectivity index (χ0v) is 12.5. The number of rotatable bonds is 3. The molecule has 2 nitrogen and oxygen atoms in total. The number of hydrogen-bond acceptors (Lipinski definition) is 3. The van der Waals surface area contributed by atoms with Crippen LogP contribution in [0.1, 0.15) is 38.2 Å². The van der Waals surface area contributed by atoms with Crippen LogP contribution in [0.15, 0.2) is 29.2 Å². The highest BCUT2D eigenvalue weighted by atomic mass is 32.2. The molecule has 3 heteroatoms. The summed E-state index contributed by atoms with van der Waals surface area (Å²) in [5, 5.41) is 0. The molecule has 0 amide bonds. The highest BCUT2D eigenvalue weighted by Gasteiger charge is 2.24. The van der Waals surface area contributed by atoms with Crippen LogP contribution in [0.25, 0.3) is 0 Å². The Morgan fingerprint density at radius 3 is 2.84 bits per heavy atom. The minimum absolute atomic E-state index is 0.267. The Kier molecular flexibility index (Phi) is 4.46. The van der Waals surface area contributed by atoms with Gasteiger partial charge < -0.3 is 4.74 Å². The molecule has 0 N–H and O–H groups in total. The van der Waals surface area contributed by atoms with Gasteiger partial charge in [-0.1, -0.05) is 36.4 Å². The largest absolute Gasteiger partial charge is 0.349 e. The highest BCUT2D eigenvalue weighted by Crippen LogP contribution is 2.36. The molecule has 1 fully saturated rings. The van der Waals surface area contributed by atoms with Crippen LogP contribution in [-0.4, -0.2) is 29.7 Å². The number of likely N-dealkylation sites (tertiary alicyclic amines) is 1. The first-order valence-corrected chi connectivity index (χ1v) is 8.35. The van der Waals surface area contributed by atoms with Gasteiger partial charge in [0.15, 0.2) is 0 Å². The summed E-state index contributed by atoms with van der Waals surface area (Å²) < 4.78 is 6.28. The first-order valence-electron chi connectivity index (χ1n) is 7.47. The van der Waals surface area contributed by atoms with Crippen molar-refractivity contribution in [1.29, 1.82) is 0 Å². The van der Waals surface area contributed by atoms with Gasteiger partial charge in [-0.3, -0.25) is 4.90 Å². The van der Waals surface area contributed by atoms with Crippen molar-refractivity contribution in [2.24, 2.45) is 0 Å². The molecule has 0 saturated carbocycles.